The van der Waals surface area contributed by atoms with Gasteiger partial charge in [-0.15, -0.1) is 0 Å². The second kappa shape index (κ2) is 3.87. The predicted molar refractivity (Wildman–Crippen MR) is 48.3 cm³/mol. The third-order valence-corrected chi connectivity index (χ3v) is 2.43. The predicted octanol–water partition coefficient (Wildman–Crippen LogP) is 0.920. The summed E-state index contributed by atoms with van der Waals surface area (Å²) in [4.78, 5) is 4.20. The monoisotopic (exact) mass is 181 g/mol. The molecule has 4 nitrogen and oxygen atoms in total. The summed E-state index contributed by atoms with van der Waals surface area (Å²) < 4.78 is 5.08. The fraction of sp³-hybridized carbons (Fsp3) is 0.778. The minimum absolute atomic E-state index is 0.675. The van der Waals surface area contributed by atoms with Crippen molar-refractivity contribution in [3.63, 3.8) is 0 Å². The van der Waals surface area contributed by atoms with Gasteiger partial charge in [-0.25, -0.2) is 0 Å². The number of aromatic nitrogens is 2. The Labute approximate surface area is 77.7 Å². The van der Waals surface area contributed by atoms with E-state index in [9.17, 15) is 0 Å². The van der Waals surface area contributed by atoms with Crippen LogP contribution in [-0.2, 0) is 6.42 Å². The van der Waals surface area contributed by atoms with Gasteiger partial charge in [0, 0.05) is 6.42 Å². The van der Waals surface area contributed by atoms with E-state index in [1.807, 2.05) is 6.92 Å². The molecule has 0 spiro atoms. The van der Waals surface area contributed by atoms with Gasteiger partial charge in [-0.3, -0.25) is 0 Å². The fourth-order valence-electron chi connectivity index (χ4n) is 1.77. The zero-order chi connectivity index (χ0) is 9.10. The molecule has 2 rings (SSSR count). The Bertz CT molecular complexity index is 266. The lowest BCUT2D eigenvalue weighted by Crippen LogP contribution is -2.30. The smallest absolute Gasteiger partial charge is 0.226 e. The molecule has 1 aromatic rings. The van der Waals surface area contributed by atoms with Gasteiger partial charge in [0.15, 0.2) is 5.82 Å². The lowest BCUT2D eigenvalue weighted by molar-refractivity contribution is 0.315. The second-order valence-corrected chi connectivity index (χ2v) is 3.65. The van der Waals surface area contributed by atoms with E-state index in [1.54, 1.807) is 0 Å². The van der Waals surface area contributed by atoms with E-state index in [-0.39, 0.29) is 0 Å². The van der Waals surface area contributed by atoms with Crippen LogP contribution in [-0.4, -0.2) is 23.2 Å². The first kappa shape index (κ1) is 8.69. The molecule has 1 atom stereocenters. The molecule has 0 amide bonds. The molecular weight excluding hydrogens is 166 g/mol. The Morgan fingerprint density at radius 1 is 1.62 bits per heavy atom. The molecule has 0 aromatic carbocycles. The van der Waals surface area contributed by atoms with Gasteiger partial charge in [0.1, 0.15) is 0 Å². The summed E-state index contributed by atoms with van der Waals surface area (Å²) >= 11 is 0. The summed E-state index contributed by atoms with van der Waals surface area (Å²) in [5.74, 6) is 2.19. The van der Waals surface area contributed by atoms with Crippen LogP contribution in [0.1, 0.15) is 24.6 Å². The van der Waals surface area contributed by atoms with Crippen molar-refractivity contribution < 1.29 is 4.52 Å². The van der Waals surface area contributed by atoms with Crippen molar-refractivity contribution in [2.75, 3.05) is 13.1 Å². The standard InChI is InChI=1S/C9H15N3O/c1-7-11-9(13-12-7)5-8-3-2-4-10-6-8/h8,10H,2-6H2,1H3/t8-/m0/s1. The van der Waals surface area contributed by atoms with Crippen molar-refractivity contribution in [3.05, 3.63) is 11.7 Å². The van der Waals surface area contributed by atoms with Gasteiger partial charge in [0.2, 0.25) is 5.89 Å². The average Bonchev–Trinajstić information content (AvgIpc) is 2.53. The molecular formula is C9H15N3O. The van der Waals surface area contributed by atoms with Gasteiger partial charge in [-0.2, -0.15) is 4.98 Å². The molecule has 1 aliphatic rings. The van der Waals surface area contributed by atoms with Crippen LogP contribution >= 0.6 is 0 Å². The van der Waals surface area contributed by atoms with E-state index in [2.05, 4.69) is 15.5 Å². The summed E-state index contributed by atoms with van der Waals surface area (Å²) in [5, 5.41) is 7.15. The number of rotatable bonds is 2. The van der Waals surface area contributed by atoms with Gasteiger partial charge in [0.05, 0.1) is 0 Å². The van der Waals surface area contributed by atoms with E-state index in [1.165, 1.54) is 12.8 Å². The van der Waals surface area contributed by atoms with Crippen LogP contribution < -0.4 is 5.32 Å². The molecule has 0 aliphatic carbocycles. The first-order valence-electron chi connectivity index (χ1n) is 4.84. The zero-order valence-corrected chi connectivity index (χ0v) is 7.92. The molecule has 1 aromatic heterocycles. The highest BCUT2D eigenvalue weighted by molar-refractivity contribution is 4.86. The van der Waals surface area contributed by atoms with E-state index in [0.717, 1.165) is 31.2 Å². The molecule has 0 radical (unpaired) electrons. The third-order valence-electron chi connectivity index (χ3n) is 2.43. The number of nitrogens with zero attached hydrogens (tertiary/aromatic N) is 2. The molecule has 1 fully saturated rings. The molecule has 1 saturated heterocycles. The quantitative estimate of drug-likeness (QED) is 0.737. The van der Waals surface area contributed by atoms with Crippen molar-refractivity contribution in [3.8, 4) is 0 Å². The summed E-state index contributed by atoms with van der Waals surface area (Å²) in [6, 6.07) is 0. The summed E-state index contributed by atoms with van der Waals surface area (Å²) in [7, 11) is 0. The van der Waals surface area contributed by atoms with Crippen LogP contribution in [0.25, 0.3) is 0 Å². The molecule has 13 heavy (non-hydrogen) atoms. The maximum absolute atomic E-state index is 5.08. The maximum Gasteiger partial charge on any atom is 0.226 e. The molecule has 0 bridgehead atoms. The van der Waals surface area contributed by atoms with Crippen LogP contribution in [0.3, 0.4) is 0 Å². The molecule has 2 heterocycles. The van der Waals surface area contributed by atoms with Crippen molar-refractivity contribution in [2.45, 2.75) is 26.2 Å². The highest BCUT2D eigenvalue weighted by atomic mass is 16.5. The first-order chi connectivity index (χ1) is 6.34. The normalized spacial score (nSPS) is 23.3. The SMILES string of the molecule is Cc1noc(C[C@@H]2CCCNC2)n1. The summed E-state index contributed by atoms with van der Waals surface area (Å²) in [6.07, 6.45) is 3.46. The number of piperidine rings is 1. The lowest BCUT2D eigenvalue weighted by Gasteiger charge is -2.20. The highest BCUT2D eigenvalue weighted by Gasteiger charge is 2.16. The average molecular weight is 181 g/mol. The van der Waals surface area contributed by atoms with E-state index in [4.69, 9.17) is 4.52 Å². The van der Waals surface area contributed by atoms with Crippen LogP contribution in [0, 0.1) is 12.8 Å². The minimum Gasteiger partial charge on any atom is -0.339 e. The van der Waals surface area contributed by atoms with E-state index >= 15 is 0 Å². The van der Waals surface area contributed by atoms with Crippen LogP contribution in [0.15, 0.2) is 4.52 Å². The van der Waals surface area contributed by atoms with Gasteiger partial charge in [-0.1, -0.05) is 5.16 Å². The molecule has 1 aliphatic heterocycles. The zero-order valence-electron chi connectivity index (χ0n) is 7.92. The van der Waals surface area contributed by atoms with Crippen molar-refractivity contribution in [1.29, 1.82) is 0 Å². The van der Waals surface area contributed by atoms with Crippen molar-refractivity contribution >= 4 is 0 Å². The number of hydrogen-bond donors (Lipinski definition) is 1. The Kier molecular flexibility index (Phi) is 2.59. The van der Waals surface area contributed by atoms with Crippen molar-refractivity contribution in [2.24, 2.45) is 5.92 Å². The van der Waals surface area contributed by atoms with Crippen LogP contribution in [0.4, 0.5) is 0 Å². The largest absolute Gasteiger partial charge is 0.339 e. The van der Waals surface area contributed by atoms with Crippen LogP contribution in [0.2, 0.25) is 0 Å². The summed E-state index contributed by atoms with van der Waals surface area (Å²) in [5.41, 5.74) is 0. The molecule has 0 saturated carbocycles. The van der Waals surface area contributed by atoms with Crippen molar-refractivity contribution in [1.82, 2.24) is 15.5 Å². The molecule has 4 heteroatoms. The summed E-state index contributed by atoms with van der Waals surface area (Å²) in [6.45, 7) is 4.09. The second-order valence-electron chi connectivity index (χ2n) is 3.65. The number of nitrogens with one attached hydrogen (secondary N) is 1. The Morgan fingerprint density at radius 2 is 2.54 bits per heavy atom. The minimum atomic E-state index is 0.675. The van der Waals surface area contributed by atoms with Gasteiger partial charge < -0.3 is 9.84 Å². The van der Waals surface area contributed by atoms with Gasteiger partial charge in [-0.05, 0) is 38.8 Å². The Balaban J connectivity index is 1.89. The Hall–Kier alpha value is -0.900. The third kappa shape index (κ3) is 2.28. The van der Waals surface area contributed by atoms with Gasteiger partial charge >= 0.3 is 0 Å². The lowest BCUT2D eigenvalue weighted by atomic mass is 9.96. The number of hydrogen-bond acceptors (Lipinski definition) is 4. The molecule has 0 unspecified atom stereocenters. The maximum atomic E-state index is 5.08. The fourth-order valence-corrected chi connectivity index (χ4v) is 1.77. The van der Waals surface area contributed by atoms with Crippen LogP contribution in [0.5, 0.6) is 0 Å². The van der Waals surface area contributed by atoms with Gasteiger partial charge in [0.25, 0.3) is 0 Å². The Morgan fingerprint density at radius 3 is 3.15 bits per heavy atom. The van der Waals surface area contributed by atoms with E-state index in [0.29, 0.717) is 5.92 Å². The molecule has 1 N–H and O–H groups in total. The number of aryl methyl sites for hydroxylation is 1. The molecule has 72 valence electrons. The van der Waals surface area contributed by atoms with E-state index < -0.39 is 0 Å². The topological polar surface area (TPSA) is 51.0 Å². The highest BCUT2D eigenvalue weighted by Crippen LogP contribution is 2.14. The first-order valence-corrected chi connectivity index (χ1v) is 4.84.